The van der Waals surface area contributed by atoms with Crippen molar-refractivity contribution in [1.29, 1.82) is 0 Å². The average molecular weight is 333 g/mol. The van der Waals surface area contributed by atoms with Gasteiger partial charge in [0.05, 0.1) is 11.1 Å². The zero-order chi connectivity index (χ0) is 17.6. The highest BCUT2D eigenvalue weighted by Gasteiger charge is 2.04. The van der Waals surface area contributed by atoms with E-state index in [2.05, 4.69) is 17.5 Å². The van der Waals surface area contributed by atoms with Crippen LogP contribution in [0.2, 0.25) is 0 Å². The van der Waals surface area contributed by atoms with Crippen LogP contribution in [-0.4, -0.2) is 17.0 Å². The summed E-state index contributed by atoms with van der Waals surface area (Å²) in [4.78, 5) is 21.9. The first-order chi connectivity index (χ1) is 11.6. The summed E-state index contributed by atoms with van der Waals surface area (Å²) in [6.45, 7) is 2.21. The Morgan fingerprint density at radius 3 is 2.50 bits per heavy atom. The maximum Gasteiger partial charge on any atom is 0.270 e. The lowest BCUT2D eigenvalue weighted by atomic mass is 10.1. The fourth-order valence-corrected chi connectivity index (χ4v) is 2.37. The summed E-state index contributed by atoms with van der Waals surface area (Å²) in [6.07, 6.45) is 11.4. The zero-order valence-electron chi connectivity index (χ0n) is 14.4. The highest BCUT2D eigenvalue weighted by molar-refractivity contribution is 5.83. The first kappa shape index (κ1) is 19.8. The van der Waals surface area contributed by atoms with E-state index >= 15 is 0 Å². The summed E-state index contributed by atoms with van der Waals surface area (Å²) in [5, 5.41) is 14.5. The van der Waals surface area contributed by atoms with Gasteiger partial charge in [-0.05, 0) is 6.42 Å². The summed E-state index contributed by atoms with van der Waals surface area (Å²) in [7, 11) is 0. The molecule has 1 aromatic carbocycles. The lowest BCUT2D eigenvalue weighted by molar-refractivity contribution is -0.384. The van der Waals surface area contributed by atoms with Gasteiger partial charge in [-0.3, -0.25) is 14.9 Å². The molecule has 0 aromatic heterocycles. The molecule has 6 heteroatoms. The number of hydrogen-bond donors (Lipinski definition) is 1. The lowest BCUT2D eigenvalue weighted by Gasteiger charge is -2.01. The second-order valence-corrected chi connectivity index (χ2v) is 5.87. The van der Waals surface area contributed by atoms with Gasteiger partial charge in [-0.2, -0.15) is 5.10 Å². The van der Waals surface area contributed by atoms with Crippen LogP contribution in [0.5, 0.6) is 0 Å². The van der Waals surface area contributed by atoms with E-state index in [1.807, 2.05) is 0 Å². The number of non-ortho nitro benzene ring substituents is 1. The van der Waals surface area contributed by atoms with Crippen molar-refractivity contribution in [2.75, 3.05) is 0 Å². The quantitative estimate of drug-likeness (QED) is 0.263. The molecule has 0 aliphatic carbocycles. The molecular weight excluding hydrogens is 306 g/mol. The monoisotopic (exact) mass is 333 g/mol. The van der Waals surface area contributed by atoms with E-state index in [0.717, 1.165) is 12.8 Å². The summed E-state index contributed by atoms with van der Waals surface area (Å²) in [5.41, 5.74) is 3.04. The van der Waals surface area contributed by atoms with Gasteiger partial charge in [0.1, 0.15) is 0 Å². The highest BCUT2D eigenvalue weighted by Crippen LogP contribution is 2.11. The molecule has 6 nitrogen and oxygen atoms in total. The van der Waals surface area contributed by atoms with Gasteiger partial charge in [0.2, 0.25) is 5.91 Å². The van der Waals surface area contributed by atoms with E-state index in [9.17, 15) is 14.9 Å². The van der Waals surface area contributed by atoms with Crippen molar-refractivity contribution in [3.05, 3.63) is 39.9 Å². The molecule has 0 aliphatic heterocycles. The minimum Gasteiger partial charge on any atom is -0.273 e. The molecule has 1 amide bonds. The summed E-state index contributed by atoms with van der Waals surface area (Å²) in [6, 6.07) is 6.11. The Hall–Kier alpha value is -2.24. The van der Waals surface area contributed by atoms with Gasteiger partial charge in [0, 0.05) is 24.1 Å². The molecule has 0 radical (unpaired) electrons. The molecule has 0 heterocycles. The Bertz CT molecular complexity index is 544. The number of nitro benzene ring substituents is 1. The van der Waals surface area contributed by atoms with Gasteiger partial charge >= 0.3 is 0 Å². The SMILES string of the molecule is CCCCCCCCCCC(=O)N/N=C/c1cccc([N+](=O)[O-])c1. The molecule has 0 fully saturated rings. The van der Waals surface area contributed by atoms with Crippen LogP contribution in [-0.2, 0) is 4.79 Å². The normalized spacial score (nSPS) is 10.9. The van der Waals surface area contributed by atoms with Crippen LogP contribution < -0.4 is 5.43 Å². The number of hydrazone groups is 1. The van der Waals surface area contributed by atoms with Crippen molar-refractivity contribution < 1.29 is 9.72 Å². The third-order valence-corrected chi connectivity index (χ3v) is 3.74. The van der Waals surface area contributed by atoms with Gasteiger partial charge in [0.25, 0.3) is 5.69 Å². The highest BCUT2D eigenvalue weighted by atomic mass is 16.6. The molecule has 0 saturated carbocycles. The Morgan fingerprint density at radius 1 is 1.17 bits per heavy atom. The fourth-order valence-electron chi connectivity index (χ4n) is 2.37. The fraction of sp³-hybridized carbons (Fsp3) is 0.556. The molecule has 0 unspecified atom stereocenters. The first-order valence-corrected chi connectivity index (χ1v) is 8.70. The smallest absolute Gasteiger partial charge is 0.270 e. The van der Waals surface area contributed by atoms with Gasteiger partial charge in [-0.1, -0.05) is 64.0 Å². The van der Waals surface area contributed by atoms with Crippen LogP contribution in [0.3, 0.4) is 0 Å². The number of nitrogens with one attached hydrogen (secondary N) is 1. The molecule has 0 saturated heterocycles. The van der Waals surface area contributed by atoms with E-state index in [1.165, 1.54) is 56.9 Å². The number of carbonyl (C=O) groups is 1. The number of amides is 1. The van der Waals surface area contributed by atoms with E-state index in [0.29, 0.717) is 12.0 Å². The van der Waals surface area contributed by atoms with E-state index in [1.54, 1.807) is 12.1 Å². The second-order valence-electron chi connectivity index (χ2n) is 5.87. The predicted octanol–water partition coefficient (Wildman–Crippen LogP) is 4.58. The molecule has 1 aromatic rings. The van der Waals surface area contributed by atoms with E-state index in [-0.39, 0.29) is 11.6 Å². The van der Waals surface area contributed by atoms with Crippen LogP contribution in [0.25, 0.3) is 0 Å². The molecule has 1 N–H and O–H groups in total. The van der Waals surface area contributed by atoms with Crippen molar-refractivity contribution in [2.24, 2.45) is 5.10 Å². The number of hydrogen-bond acceptors (Lipinski definition) is 4. The Morgan fingerprint density at radius 2 is 1.83 bits per heavy atom. The van der Waals surface area contributed by atoms with Crippen LogP contribution >= 0.6 is 0 Å². The molecule has 0 aliphatic rings. The van der Waals surface area contributed by atoms with Crippen molar-refractivity contribution in [3.8, 4) is 0 Å². The maximum absolute atomic E-state index is 11.6. The van der Waals surface area contributed by atoms with Crippen molar-refractivity contribution in [1.82, 2.24) is 5.43 Å². The average Bonchev–Trinajstić information content (AvgIpc) is 2.57. The summed E-state index contributed by atoms with van der Waals surface area (Å²) in [5.74, 6) is -0.123. The van der Waals surface area contributed by atoms with E-state index < -0.39 is 4.92 Å². The number of rotatable bonds is 12. The third-order valence-electron chi connectivity index (χ3n) is 3.74. The van der Waals surface area contributed by atoms with Crippen molar-refractivity contribution in [2.45, 2.75) is 64.7 Å². The summed E-state index contributed by atoms with van der Waals surface area (Å²) >= 11 is 0. The van der Waals surface area contributed by atoms with Gasteiger partial charge < -0.3 is 0 Å². The number of carbonyl (C=O) groups excluding carboxylic acids is 1. The Kier molecular flexibility index (Phi) is 10.1. The Balaban J connectivity index is 2.15. The Labute approximate surface area is 143 Å². The third kappa shape index (κ3) is 9.02. The molecule has 0 atom stereocenters. The van der Waals surface area contributed by atoms with Gasteiger partial charge in [-0.25, -0.2) is 5.43 Å². The molecule has 0 bridgehead atoms. The number of benzene rings is 1. The lowest BCUT2D eigenvalue weighted by Crippen LogP contribution is -2.16. The van der Waals surface area contributed by atoms with Crippen LogP contribution in [0, 0.1) is 10.1 Å². The van der Waals surface area contributed by atoms with Crippen LogP contribution in [0.4, 0.5) is 5.69 Å². The number of nitrogens with zero attached hydrogens (tertiary/aromatic N) is 2. The number of unbranched alkanes of at least 4 members (excludes halogenated alkanes) is 7. The van der Waals surface area contributed by atoms with Crippen molar-refractivity contribution in [3.63, 3.8) is 0 Å². The molecular formula is C18H27N3O3. The minimum absolute atomic E-state index is 0.00390. The standard InChI is InChI=1S/C18H27N3O3/c1-2-3-4-5-6-7-8-9-13-18(22)20-19-15-16-11-10-12-17(14-16)21(23)24/h10-12,14-15H,2-9,13H2,1H3,(H,20,22)/b19-15+. The van der Waals surface area contributed by atoms with Crippen LogP contribution in [0.1, 0.15) is 70.3 Å². The van der Waals surface area contributed by atoms with Gasteiger partial charge in [0.15, 0.2) is 0 Å². The largest absolute Gasteiger partial charge is 0.273 e. The van der Waals surface area contributed by atoms with E-state index in [4.69, 9.17) is 0 Å². The molecule has 24 heavy (non-hydrogen) atoms. The van der Waals surface area contributed by atoms with Crippen LogP contribution in [0.15, 0.2) is 29.4 Å². The topological polar surface area (TPSA) is 84.6 Å². The molecule has 1 rings (SSSR count). The second kappa shape index (κ2) is 12.2. The maximum atomic E-state index is 11.6. The first-order valence-electron chi connectivity index (χ1n) is 8.70. The minimum atomic E-state index is -0.460. The predicted molar refractivity (Wildman–Crippen MR) is 96.1 cm³/mol. The molecule has 132 valence electrons. The number of nitro groups is 1. The van der Waals surface area contributed by atoms with Crippen molar-refractivity contribution >= 4 is 17.8 Å². The molecule has 0 spiro atoms. The summed E-state index contributed by atoms with van der Waals surface area (Å²) < 4.78 is 0. The zero-order valence-corrected chi connectivity index (χ0v) is 14.4. The van der Waals surface area contributed by atoms with Gasteiger partial charge in [-0.15, -0.1) is 0 Å².